The van der Waals surface area contributed by atoms with E-state index < -0.39 is 22.5 Å². The zero-order chi connectivity index (χ0) is 14.4. The van der Waals surface area contributed by atoms with Gasteiger partial charge in [0.15, 0.2) is 0 Å². The number of carbonyl (C=O) groups is 1. The van der Waals surface area contributed by atoms with Crippen LogP contribution in [0.15, 0.2) is 18.2 Å². The highest BCUT2D eigenvalue weighted by molar-refractivity contribution is 5.81. The van der Waals surface area contributed by atoms with Gasteiger partial charge in [-0.25, -0.2) is 0 Å². The molecule has 0 fully saturated rings. The molecule has 1 unspecified atom stereocenters. The van der Waals surface area contributed by atoms with Crippen molar-refractivity contribution in [2.24, 2.45) is 0 Å². The summed E-state index contributed by atoms with van der Waals surface area (Å²) in [6.07, 6.45) is 0. The van der Waals surface area contributed by atoms with Crippen LogP contribution >= 0.6 is 0 Å². The highest BCUT2D eigenvalue weighted by Gasteiger charge is 2.18. The zero-order valence-corrected chi connectivity index (χ0v) is 10.8. The number of nitro groups is 1. The predicted octanol–water partition coefficient (Wildman–Crippen LogP) is 1.35. The lowest BCUT2D eigenvalue weighted by atomic mass is 10.1. The second-order valence-corrected chi connectivity index (χ2v) is 4.00. The van der Waals surface area contributed by atoms with E-state index in [1.165, 1.54) is 12.1 Å². The summed E-state index contributed by atoms with van der Waals surface area (Å²) in [4.78, 5) is 21.3. The van der Waals surface area contributed by atoms with Crippen LogP contribution in [-0.2, 0) is 11.3 Å². The SMILES string of the molecule is CCNC(=O)C(C)NCc1cccc([N+](=O)[O-])c1F. The molecule has 1 amide bonds. The van der Waals surface area contributed by atoms with Crippen molar-refractivity contribution in [1.29, 1.82) is 0 Å². The number of nitrogens with one attached hydrogen (secondary N) is 2. The molecule has 0 aliphatic carbocycles. The molecule has 19 heavy (non-hydrogen) atoms. The van der Waals surface area contributed by atoms with E-state index in [0.717, 1.165) is 6.07 Å². The van der Waals surface area contributed by atoms with Gasteiger partial charge in [0, 0.05) is 24.7 Å². The smallest absolute Gasteiger partial charge is 0.305 e. The number of carbonyl (C=O) groups excluding carboxylic acids is 1. The van der Waals surface area contributed by atoms with E-state index >= 15 is 0 Å². The van der Waals surface area contributed by atoms with Crippen molar-refractivity contribution in [3.8, 4) is 0 Å². The highest BCUT2D eigenvalue weighted by Crippen LogP contribution is 2.19. The first-order valence-corrected chi connectivity index (χ1v) is 5.90. The molecule has 7 heteroatoms. The van der Waals surface area contributed by atoms with Crippen molar-refractivity contribution < 1.29 is 14.1 Å². The van der Waals surface area contributed by atoms with Crippen LogP contribution in [-0.4, -0.2) is 23.4 Å². The molecule has 2 N–H and O–H groups in total. The normalized spacial score (nSPS) is 11.9. The molecule has 0 radical (unpaired) electrons. The van der Waals surface area contributed by atoms with Gasteiger partial charge in [0.25, 0.3) is 0 Å². The number of halogens is 1. The van der Waals surface area contributed by atoms with Crippen molar-refractivity contribution >= 4 is 11.6 Å². The van der Waals surface area contributed by atoms with Crippen LogP contribution in [0.25, 0.3) is 0 Å². The monoisotopic (exact) mass is 269 g/mol. The number of benzene rings is 1. The van der Waals surface area contributed by atoms with Crippen LogP contribution in [0.4, 0.5) is 10.1 Å². The Hall–Kier alpha value is -2.02. The Bertz CT molecular complexity index is 479. The molecule has 1 atom stereocenters. The van der Waals surface area contributed by atoms with E-state index in [9.17, 15) is 19.3 Å². The maximum absolute atomic E-state index is 13.7. The van der Waals surface area contributed by atoms with Gasteiger partial charge in [0.05, 0.1) is 11.0 Å². The molecular formula is C12H16FN3O3. The number of nitrogens with zero attached hydrogens (tertiary/aromatic N) is 1. The maximum atomic E-state index is 13.7. The summed E-state index contributed by atoms with van der Waals surface area (Å²) in [5.74, 6) is -1.07. The number of nitro benzene ring substituents is 1. The van der Waals surface area contributed by atoms with Gasteiger partial charge in [0.2, 0.25) is 11.7 Å². The summed E-state index contributed by atoms with van der Waals surface area (Å²) in [6.45, 7) is 3.99. The summed E-state index contributed by atoms with van der Waals surface area (Å²) in [5.41, 5.74) is -0.407. The lowest BCUT2D eigenvalue weighted by Gasteiger charge is -2.13. The molecule has 0 spiro atoms. The van der Waals surface area contributed by atoms with Gasteiger partial charge in [-0.1, -0.05) is 12.1 Å². The van der Waals surface area contributed by atoms with Gasteiger partial charge in [0.1, 0.15) is 0 Å². The molecule has 0 aliphatic heterocycles. The predicted molar refractivity (Wildman–Crippen MR) is 68.0 cm³/mol. The average Bonchev–Trinajstić information content (AvgIpc) is 2.37. The fourth-order valence-corrected chi connectivity index (χ4v) is 1.53. The Labute approximate surface area is 110 Å². The maximum Gasteiger partial charge on any atom is 0.305 e. The van der Waals surface area contributed by atoms with E-state index in [1.807, 2.05) is 0 Å². The largest absolute Gasteiger partial charge is 0.355 e. The number of hydrogen-bond donors (Lipinski definition) is 2. The van der Waals surface area contributed by atoms with Gasteiger partial charge >= 0.3 is 5.69 Å². The van der Waals surface area contributed by atoms with Crippen LogP contribution in [0.5, 0.6) is 0 Å². The summed E-state index contributed by atoms with van der Waals surface area (Å²) >= 11 is 0. The summed E-state index contributed by atoms with van der Waals surface area (Å²) in [5, 5.41) is 16.0. The van der Waals surface area contributed by atoms with Crippen molar-refractivity contribution in [3.63, 3.8) is 0 Å². The van der Waals surface area contributed by atoms with Crippen LogP contribution < -0.4 is 10.6 Å². The van der Waals surface area contributed by atoms with E-state index in [0.29, 0.717) is 6.54 Å². The number of amides is 1. The lowest BCUT2D eigenvalue weighted by molar-refractivity contribution is -0.387. The Balaban J connectivity index is 2.71. The lowest BCUT2D eigenvalue weighted by Crippen LogP contribution is -2.41. The van der Waals surface area contributed by atoms with Gasteiger partial charge in [-0.2, -0.15) is 4.39 Å². The molecule has 0 aliphatic rings. The number of likely N-dealkylation sites (N-methyl/N-ethyl adjacent to an activating group) is 1. The van der Waals surface area contributed by atoms with Gasteiger partial charge < -0.3 is 10.6 Å². The molecule has 1 aromatic rings. The first-order chi connectivity index (χ1) is 8.97. The third kappa shape index (κ3) is 3.99. The van der Waals surface area contributed by atoms with Crippen molar-refractivity contribution in [1.82, 2.24) is 10.6 Å². The first-order valence-electron chi connectivity index (χ1n) is 5.90. The average molecular weight is 269 g/mol. The zero-order valence-electron chi connectivity index (χ0n) is 10.8. The number of hydrogen-bond acceptors (Lipinski definition) is 4. The minimum atomic E-state index is -0.872. The minimum Gasteiger partial charge on any atom is -0.355 e. The molecule has 0 heterocycles. The standard InChI is InChI=1S/C12H16FN3O3/c1-3-14-12(17)8(2)15-7-9-5-4-6-10(11(9)13)16(18)19/h4-6,8,15H,3,7H2,1-2H3,(H,14,17). The van der Waals surface area contributed by atoms with E-state index in [2.05, 4.69) is 10.6 Å². The van der Waals surface area contributed by atoms with Crippen molar-refractivity contribution in [3.05, 3.63) is 39.7 Å². The third-order valence-electron chi connectivity index (χ3n) is 2.60. The van der Waals surface area contributed by atoms with Gasteiger partial charge in [-0.15, -0.1) is 0 Å². The van der Waals surface area contributed by atoms with E-state index in [-0.39, 0.29) is 18.0 Å². The minimum absolute atomic E-state index is 0.0474. The van der Waals surface area contributed by atoms with E-state index in [1.54, 1.807) is 13.8 Å². The van der Waals surface area contributed by atoms with Crippen molar-refractivity contribution in [2.45, 2.75) is 26.4 Å². The molecule has 0 saturated heterocycles. The van der Waals surface area contributed by atoms with Crippen LogP contribution in [0.2, 0.25) is 0 Å². The van der Waals surface area contributed by atoms with E-state index in [4.69, 9.17) is 0 Å². The van der Waals surface area contributed by atoms with Crippen molar-refractivity contribution in [2.75, 3.05) is 6.54 Å². The third-order valence-corrected chi connectivity index (χ3v) is 2.60. The molecular weight excluding hydrogens is 253 g/mol. The van der Waals surface area contributed by atoms with Crippen LogP contribution in [0, 0.1) is 15.9 Å². The topological polar surface area (TPSA) is 84.3 Å². The molecule has 1 rings (SSSR count). The molecule has 1 aromatic carbocycles. The molecule has 0 saturated carbocycles. The molecule has 0 bridgehead atoms. The van der Waals surface area contributed by atoms with Gasteiger partial charge in [-0.05, 0) is 13.8 Å². The highest BCUT2D eigenvalue weighted by atomic mass is 19.1. The van der Waals surface area contributed by atoms with Crippen LogP contribution in [0.3, 0.4) is 0 Å². The Morgan fingerprint density at radius 2 is 2.21 bits per heavy atom. The fourth-order valence-electron chi connectivity index (χ4n) is 1.53. The first kappa shape index (κ1) is 15.0. The number of rotatable bonds is 6. The summed E-state index contributed by atoms with van der Waals surface area (Å²) in [7, 11) is 0. The second-order valence-electron chi connectivity index (χ2n) is 4.00. The molecule has 6 nitrogen and oxygen atoms in total. The Morgan fingerprint density at radius 1 is 1.53 bits per heavy atom. The fraction of sp³-hybridized carbons (Fsp3) is 0.417. The quantitative estimate of drug-likeness (QED) is 0.603. The van der Waals surface area contributed by atoms with Gasteiger partial charge in [-0.3, -0.25) is 14.9 Å². The Morgan fingerprint density at radius 3 is 2.79 bits per heavy atom. The summed E-state index contributed by atoms with van der Waals surface area (Å²) < 4.78 is 13.7. The summed E-state index contributed by atoms with van der Waals surface area (Å²) in [6, 6.07) is 3.46. The molecule has 0 aromatic heterocycles. The molecule has 104 valence electrons. The Kier molecular flexibility index (Phi) is 5.37. The second kappa shape index (κ2) is 6.79. The van der Waals surface area contributed by atoms with Crippen LogP contribution in [0.1, 0.15) is 19.4 Å².